The van der Waals surface area contributed by atoms with Crippen molar-refractivity contribution in [1.29, 1.82) is 0 Å². The summed E-state index contributed by atoms with van der Waals surface area (Å²) in [5, 5.41) is 10.5. The predicted molar refractivity (Wildman–Crippen MR) is 94.9 cm³/mol. The molecule has 6 heteroatoms. The number of rotatable bonds is 4. The van der Waals surface area contributed by atoms with Crippen molar-refractivity contribution in [3.05, 3.63) is 56.3 Å². The maximum atomic E-state index is 13.0. The van der Waals surface area contributed by atoms with Gasteiger partial charge in [0.15, 0.2) is 5.78 Å². The molecule has 0 saturated carbocycles. The first-order chi connectivity index (χ1) is 11.0. The lowest BCUT2D eigenvalue weighted by Gasteiger charge is -2.06. The largest absolute Gasteiger partial charge is 0.506 e. The molecule has 0 aliphatic carbocycles. The maximum Gasteiger partial charge on any atom is 0.226 e. The molecule has 3 aromatic rings. The number of phenols is 1. The topological polar surface area (TPSA) is 63.3 Å². The van der Waals surface area contributed by atoms with E-state index < -0.39 is 0 Å². The number of fused-ring (bicyclic) bond motifs is 1. The van der Waals surface area contributed by atoms with E-state index >= 15 is 0 Å². The molecule has 0 bridgehead atoms. The summed E-state index contributed by atoms with van der Waals surface area (Å²) in [6, 6.07) is 6.83. The summed E-state index contributed by atoms with van der Waals surface area (Å²) in [6.45, 7) is 2.03. The Balaban J connectivity index is 2.19. The van der Waals surface area contributed by atoms with Crippen LogP contribution < -0.4 is 0 Å². The van der Waals surface area contributed by atoms with E-state index in [0.717, 1.165) is 6.42 Å². The van der Waals surface area contributed by atoms with Crippen molar-refractivity contribution in [2.75, 3.05) is 0 Å². The second kappa shape index (κ2) is 6.45. The number of nitrogens with zero attached hydrogens (tertiary/aromatic N) is 1. The minimum Gasteiger partial charge on any atom is -0.506 e. The first kappa shape index (κ1) is 16.2. The van der Waals surface area contributed by atoms with Gasteiger partial charge in [0.05, 0.1) is 19.9 Å². The summed E-state index contributed by atoms with van der Waals surface area (Å²) in [7, 11) is 0. The van der Waals surface area contributed by atoms with Gasteiger partial charge in [-0.1, -0.05) is 6.92 Å². The van der Waals surface area contributed by atoms with Crippen LogP contribution in [0.15, 0.2) is 43.8 Å². The van der Waals surface area contributed by atoms with Crippen molar-refractivity contribution in [2.45, 2.75) is 19.8 Å². The van der Waals surface area contributed by atoms with E-state index in [2.05, 4.69) is 36.8 Å². The molecule has 0 spiro atoms. The molecule has 0 unspecified atom stereocenters. The van der Waals surface area contributed by atoms with Crippen molar-refractivity contribution in [1.82, 2.24) is 4.98 Å². The number of halogens is 2. The Labute approximate surface area is 149 Å². The number of ketones is 1. The molecular weight excluding hydrogens is 426 g/mol. The summed E-state index contributed by atoms with van der Waals surface area (Å²) < 4.78 is 6.67. The van der Waals surface area contributed by atoms with E-state index in [9.17, 15) is 9.90 Å². The van der Waals surface area contributed by atoms with Gasteiger partial charge >= 0.3 is 0 Å². The van der Waals surface area contributed by atoms with Gasteiger partial charge in [-0.05, 0) is 62.5 Å². The van der Waals surface area contributed by atoms with Crippen molar-refractivity contribution >= 4 is 48.7 Å². The fraction of sp³-hybridized carbons (Fsp3) is 0.176. The summed E-state index contributed by atoms with van der Waals surface area (Å²) in [5.41, 5.74) is 1.47. The van der Waals surface area contributed by atoms with Gasteiger partial charge in [-0.15, -0.1) is 0 Å². The van der Waals surface area contributed by atoms with E-state index in [1.807, 2.05) is 13.0 Å². The second-order valence-electron chi connectivity index (χ2n) is 5.12. The van der Waals surface area contributed by atoms with E-state index in [4.69, 9.17) is 4.42 Å². The molecule has 0 radical (unpaired) electrons. The van der Waals surface area contributed by atoms with Crippen LogP contribution in [0.4, 0.5) is 0 Å². The number of carbonyl (C=O) groups is 1. The Morgan fingerprint density at radius 3 is 2.65 bits per heavy atom. The van der Waals surface area contributed by atoms with Crippen LogP contribution in [0, 0.1) is 0 Å². The smallest absolute Gasteiger partial charge is 0.226 e. The average molecular weight is 439 g/mol. The van der Waals surface area contributed by atoms with Crippen LogP contribution in [0.5, 0.6) is 5.75 Å². The minimum atomic E-state index is -0.151. The molecule has 118 valence electrons. The second-order valence-corrected chi connectivity index (χ2v) is 6.83. The molecule has 23 heavy (non-hydrogen) atoms. The Morgan fingerprint density at radius 2 is 2.00 bits per heavy atom. The third kappa shape index (κ3) is 2.93. The van der Waals surface area contributed by atoms with Gasteiger partial charge in [0, 0.05) is 18.2 Å². The molecule has 1 aromatic carbocycles. The Bertz CT molecular complexity index is 879. The predicted octanol–water partition coefficient (Wildman–Crippen LogP) is 5.24. The molecule has 3 rings (SSSR count). The third-order valence-electron chi connectivity index (χ3n) is 3.52. The lowest BCUT2D eigenvalue weighted by molar-refractivity contribution is 0.103. The fourth-order valence-corrected chi connectivity index (χ4v) is 3.66. The number of aromatic hydroxyl groups is 1. The van der Waals surface area contributed by atoms with Gasteiger partial charge < -0.3 is 9.52 Å². The highest BCUT2D eigenvalue weighted by Gasteiger charge is 2.23. The molecular formula is C17H13Br2NO3. The number of aromatic nitrogens is 1. The fourth-order valence-electron chi connectivity index (χ4n) is 2.47. The molecule has 2 aromatic heterocycles. The summed E-state index contributed by atoms with van der Waals surface area (Å²) >= 11 is 6.52. The number of hydrogen-bond acceptors (Lipinski definition) is 4. The number of furan rings is 1. The Kier molecular flexibility index (Phi) is 4.55. The lowest BCUT2D eigenvalue weighted by Crippen LogP contribution is -2.04. The quantitative estimate of drug-likeness (QED) is 0.565. The maximum absolute atomic E-state index is 13.0. The summed E-state index contributed by atoms with van der Waals surface area (Å²) in [4.78, 5) is 17.2. The number of aryl methyl sites for hydroxylation is 1. The standard InChI is InChI=1S/C17H13Br2NO3/c1-2-4-13-14(10-5-3-6-20-17(10)23-13)15(21)9-7-11(18)16(22)12(19)8-9/h3,5-8,22H,2,4H2,1H3. The van der Waals surface area contributed by atoms with E-state index in [0.29, 0.717) is 43.4 Å². The summed E-state index contributed by atoms with van der Waals surface area (Å²) in [5.74, 6) is 0.558. The van der Waals surface area contributed by atoms with Crippen molar-refractivity contribution in [3.8, 4) is 5.75 Å². The first-order valence-electron chi connectivity index (χ1n) is 7.12. The molecule has 0 amide bonds. The highest BCUT2D eigenvalue weighted by Crippen LogP contribution is 2.35. The molecule has 0 fully saturated rings. The van der Waals surface area contributed by atoms with Crippen LogP contribution in [0.3, 0.4) is 0 Å². The van der Waals surface area contributed by atoms with Crippen LogP contribution in [-0.4, -0.2) is 15.9 Å². The van der Waals surface area contributed by atoms with Gasteiger partial charge in [0.2, 0.25) is 5.71 Å². The average Bonchev–Trinajstić information content (AvgIpc) is 2.89. The van der Waals surface area contributed by atoms with Crippen LogP contribution in [0.2, 0.25) is 0 Å². The first-order valence-corrected chi connectivity index (χ1v) is 8.70. The third-order valence-corrected chi connectivity index (χ3v) is 4.73. The van der Waals surface area contributed by atoms with E-state index in [1.165, 1.54) is 0 Å². The molecule has 0 atom stereocenters. The monoisotopic (exact) mass is 437 g/mol. The minimum absolute atomic E-state index is 0.0639. The zero-order chi connectivity index (χ0) is 16.6. The van der Waals surface area contributed by atoms with Crippen LogP contribution in [0.25, 0.3) is 11.1 Å². The number of hydrogen-bond donors (Lipinski definition) is 1. The summed E-state index contributed by atoms with van der Waals surface area (Å²) in [6.07, 6.45) is 3.17. The van der Waals surface area contributed by atoms with Crippen molar-refractivity contribution < 1.29 is 14.3 Å². The van der Waals surface area contributed by atoms with Gasteiger partial charge in [-0.25, -0.2) is 4.98 Å². The Hall–Kier alpha value is -1.66. The molecule has 0 saturated heterocycles. The van der Waals surface area contributed by atoms with Crippen LogP contribution >= 0.6 is 31.9 Å². The Morgan fingerprint density at radius 1 is 1.30 bits per heavy atom. The molecule has 1 N–H and O–H groups in total. The van der Waals surface area contributed by atoms with Gasteiger partial charge in [0.25, 0.3) is 0 Å². The molecule has 4 nitrogen and oxygen atoms in total. The van der Waals surface area contributed by atoms with Gasteiger partial charge in [-0.2, -0.15) is 0 Å². The highest BCUT2D eigenvalue weighted by molar-refractivity contribution is 9.11. The molecule has 0 aliphatic rings. The van der Waals surface area contributed by atoms with Crippen molar-refractivity contribution in [3.63, 3.8) is 0 Å². The zero-order valence-electron chi connectivity index (χ0n) is 12.3. The lowest BCUT2D eigenvalue weighted by atomic mass is 9.99. The van der Waals surface area contributed by atoms with E-state index in [-0.39, 0.29) is 11.5 Å². The van der Waals surface area contributed by atoms with Gasteiger partial charge in [-0.3, -0.25) is 4.79 Å². The number of carbonyl (C=O) groups excluding carboxylic acids is 1. The number of pyridine rings is 1. The van der Waals surface area contributed by atoms with Crippen molar-refractivity contribution in [2.24, 2.45) is 0 Å². The van der Waals surface area contributed by atoms with E-state index in [1.54, 1.807) is 24.4 Å². The number of phenolic OH excluding ortho intramolecular Hbond substituents is 1. The van der Waals surface area contributed by atoms with Gasteiger partial charge in [0.1, 0.15) is 11.5 Å². The SMILES string of the molecule is CCCc1oc2ncccc2c1C(=O)c1cc(Br)c(O)c(Br)c1. The molecule has 0 aliphatic heterocycles. The zero-order valence-corrected chi connectivity index (χ0v) is 15.4. The van der Waals surface area contributed by atoms with Crippen LogP contribution in [0.1, 0.15) is 35.0 Å². The number of benzene rings is 1. The van der Waals surface area contributed by atoms with Crippen LogP contribution in [-0.2, 0) is 6.42 Å². The normalized spacial score (nSPS) is 11.1. The highest BCUT2D eigenvalue weighted by atomic mass is 79.9. The molecule has 2 heterocycles.